The number of rotatable bonds is 2. The number of nitrogens with zero attached hydrogens (tertiary/aromatic N) is 1. The highest BCUT2D eigenvalue weighted by Gasteiger charge is 2.33. The molecule has 1 aliphatic rings. The predicted molar refractivity (Wildman–Crippen MR) is 73.2 cm³/mol. The second-order valence-electron chi connectivity index (χ2n) is 4.88. The van der Waals surface area contributed by atoms with E-state index in [2.05, 4.69) is 0 Å². The molecule has 0 radical (unpaired) electrons. The first kappa shape index (κ1) is 14.0. The number of hydrogen-bond donors (Lipinski definition) is 1. The van der Waals surface area contributed by atoms with Gasteiger partial charge in [0.1, 0.15) is 6.04 Å². The van der Waals surface area contributed by atoms with E-state index in [1.165, 1.54) is 0 Å². The zero-order chi connectivity index (χ0) is 14.0. The van der Waals surface area contributed by atoms with Crippen molar-refractivity contribution in [1.82, 2.24) is 4.90 Å². The lowest BCUT2D eigenvalue weighted by Gasteiger charge is -2.34. The first-order chi connectivity index (χ1) is 8.91. The van der Waals surface area contributed by atoms with Crippen molar-refractivity contribution in [3.63, 3.8) is 0 Å². The monoisotopic (exact) mass is 282 g/mol. The number of hydrogen-bond acceptors (Lipinski definition) is 4. The maximum atomic E-state index is 12.3. The summed E-state index contributed by atoms with van der Waals surface area (Å²) in [5.74, 6) is -0.182. The first-order valence-corrected chi connectivity index (χ1v) is 8.04. The SMILES string of the molecule is C[C@@H]1CS(=O)(=O)CCN1C(=O)[C@@H](N)c1ccccc1. The molecule has 0 spiro atoms. The Labute approximate surface area is 113 Å². The summed E-state index contributed by atoms with van der Waals surface area (Å²) in [6.07, 6.45) is 0. The molecule has 6 heteroatoms. The molecular formula is C13H18N2O3S. The van der Waals surface area contributed by atoms with Crippen LogP contribution in [-0.2, 0) is 14.6 Å². The quantitative estimate of drug-likeness (QED) is 0.847. The van der Waals surface area contributed by atoms with Crippen LogP contribution >= 0.6 is 0 Å². The van der Waals surface area contributed by atoms with E-state index >= 15 is 0 Å². The Morgan fingerprint density at radius 2 is 2.00 bits per heavy atom. The minimum atomic E-state index is -3.02. The Hall–Kier alpha value is -1.40. The van der Waals surface area contributed by atoms with Crippen molar-refractivity contribution >= 4 is 15.7 Å². The molecule has 1 fully saturated rings. The molecule has 1 saturated heterocycles. The van der Waals surface area contributed by atoms with Crippen LogP contribution in [0.5, 0.6) is 0 Å². The average Bonchev–Trinajstić information content (AvgIpc) is 2.37. The minimum Gasteiger partial charge on any atom is -0.336 e. The lowest BCUT2D eigenvalue weighted by Crippen LogP contribution is -2.52. The van der Waals surface area contributed by atoms with Gasteiger partial charge in [-0.2, -0.15) is 0 Å². The molecule has 2 N–H and O–H groups in total. The van der Waals surface area contributed by atoms with Crippen LogP contribution in [-0.4, -0.2) is 43.3 Å². The molecule has 1 amide bonds. The lowest BCUT2D eigenvalue weighted by molar-refractivity contribution is -0.134. The molecule has 5 nitrogen and oxygen atoms in total. The molecule has 19 heavy (non-hydrogen) atoms. The van der Waals surface area contributed by atoms with E-state index in [1.54, 1.807) is 24.0 Å². The van der Waals surface area contributed by atoms with Gasteiger partial charge in [-0.3, -0.25) is 4.79 Å². The fourth-order valence-electron chi connectivity index (χ4n) is 2.31. The van der Waals surface area contributed by atoms with E-state index in [4.69, 9.17) is 5.73 Å². The predicted octanol–water partition coefficient (Wildman–Crippen LogP) is 0.332. The molecule has 1 aliphatic heterocycles. The molecule has 0 aliphatic carbocycles. The molecule has 0 unspecified atom stereocenters. The number of nitrogens with two attached hydrogens (primary N) is 1. The van der Waals surface area contributed by atoms with Gasteiger partial charge in [-0.05, 0) is 12.5 Å². The summed E-state index contributed by atoms with van der Waals surface area (Å²) in [6, 6.07) is 8.06. The zero-order valence-electron chi connectivity index (χ0n) is 10.8. The number of benzene rings is 1. The standard InChI is InChI=1S/C13H18N2O3S/c1-10-9-19(17,18)8-7-15(10)13(16)12(14)11-5-3-2-4-6-11/h2-6,10,12H,7-9,14H2,1H3/t10-,12+/m1/s1. The molecule has 1 aromatic rings. The van der Waals surface area contributed by atoms with Gasteiger partial charge in [-0.15, -0.1) is 0 Å². The second-order valence-corrected chi connectivity index (χ2v) is 7.11. The van der Waals surface area contributed by atoms with E-state index in [-0.39, 0.29) is 30.0 Å². The van der Waals surface area contributed by atoms with Crippen molar-refractivity contribution < 1.29 is 13.2 Å². The molecule has 2 atom stereocenters. The summed E-state index contributed by atoms with van der Waals surface area (Å²) in [4.78, 5) is 13.9. The van der Waals surface area contributed by atoms with Crippen molar-refractivity contribution in [2.24, 2.45) is 5.73 Å². The Kier molecular flexibility index (Phi) is 3.91. The molecule has 0 saturated carbocycles. The largest absolute Gasteiger partial charge is 0.336 e. The van der Waals surface area contributed by atoms with Crippen LogP contribution in [0.4, 0.5) is 0 Å². The molecule has 104 valence electrons. The van der Waals surface area contributed by atoms with Crippen LogP contribution in [0, 0.1) is 0 Å². The van der Waals surface area contributed by atoms with Gasteiger partial charge in [0.15, 0.2) is 9.84 Å². The number of sulfone groups is 1. The minimum absolute atomic E-state index is 0.0141. The van der Waals surface area contributed by atoms with E-state index in [9.17, 15) is 13.2 Å². The fraction of sp³-hybridized carbons (Fsp3) is 0.462. The highest BCUT2D eigenvalue weighted by molar-refractivity contribution is 7.91. The Bertz CT molecular complexity index is 557. The van der Waals surface area contributed by atoms with Gasteiger partial charge in [0, 0.05) is 12.6 Å². The molecule has 0 aromatic heterocycles. The molecule has 1 aromatic carbocycles. The maximum absolute atomic E-state index is 12.3. The van der Waals surface area contributed by atoms with Gasteiger partial charge in [-0.1, -0.05) is 30.3 Å². The summed E-state index contributed by atoms with van der Waals surface area (Å²) in [5.41, 5.74) is 6.70. The van der Waals surface area contributed by atoms with Crippen LogP contribution in [0.1, 0.15) is 18.5 Å². The van der Waals surface area contributed by atoms with Crippen molar-refractivity contribution in [2.75, 3.05) is 18.1 Å². The molecular weight excluding hydrogens is 264 g/mol. The highest BCUT2D eigenvalue weighted by atomic mass is 32.2. The molecule has 1 heterocycles. The van der Waals surface area contributed by atoms with Gasteiger partial charge >= 0.3 is 0 Å². The number of amides is 1. The Balaban J connectivity index is 2.12. The third-order valence-electron chi connectivity index (χ3n) is 3.38. The van der Waals surface area contributed by atoms with Crippen LogP contribution < -0.4 is 5.73 Å². The Morgan fingerprint density at radius 1 is 1.37 bits per heavy atom. The summed E-state index contributed by atoms with van der Waals surface area (Å²) in [5, 5.41) is 0. The third kappa shape index (κ3) is 3.13. The zero-order valence-corrected chi connectivity index (χ0v) is 11.6. The summed E-state index contributed by atoms with van der Waals surface area (Å²) < 4.78 is 23.0. The normalized spacial score (nSPS) is 23.9. The smallest absolute Gasteiger partial charge is 0.244 e. The van der Waals surface area contributed by atoms with Gasteiger partial charge < -0.3 is 10.6 Å². The van der Waals surface area contributed by atoms with Crippen molar-refractivity contribution in [3.8, 4) is 0 Å². The third-order valence-corrected chi connectivity index (χ3v) is 5.17. The first-order valence-electron chi connectivity index (χ1n) is 6.22. The van der Waals surface area contributed by atoms with E-state index in [0.717, 1.165) is 5.56 Å². The number of carbonyl (C=O) groups is 1. The lowest BCUT2D eigenvalue weighted by atomic mass is 10.1. The van der Waals surface area contributed by atoms with Crippen LogP contribution in [0.25, 0.3) is 0 Å². The Morgan fingerprint density at radius 3 is 2.58 bits per heavy atom. The number of carbonyl (C=O) groups excluding carboxylic acids is 1. The average molecular weight is 282 g/mol. The van der Waals surface area contributed by atoms with Crippen LogP contribution in [0.2, 0.25) is 0 Å². The van der Waals surface area contributed by atoms with Gasteiger partial charge in [0.2, 0.25) is 5.91 Å². The van der Waals surface area contributed by atoms with Gasteiger partial charge in [0.05, 0.1) is 11.5 Å². The van der Waals surface area contributed by atoms with E-state index in [0.29, 0.717) is 0 Å². The maximum Gasteiger partial charge on any atom is 0.244 e. The van der Waals surface area contributed by atoms with Gasteiger partial charge in [0.25, 0.3) is 0 Å². The molecule has 0 bridgehead atoms. The van der Waals surface area contributed by atoms with Crippen molar-refractivity contribution in [2.45, 2.75) is 19.0 Å². The van der Waals surface area contributed by atoms with E-state index in [1.807, 2.05) is 18.2 Å². The molecule has 2 rings (SSSR count). The fourth-order valence-corrected chi connectivity index (χ4v) is 3.86. The summed E-state index contributed by atoms with van der Waals surface area (Å²) in [6.45, 7) is 1.97. The van der Waals surface area contributed by atoms with Crippen LogP contribution in [0.15, 0.2) is 30.3 Å². The summed E-state index contributed by atoms with van der Waals surface area (Å²) in [7, 11) is -3.02. The summed E-state index contributed by atoms with van der Waals surface area (Å²) >= 11 is 0. The van der Waals surface area contributed by atoms with E-state index < -0.39 is 15.9 Å². The van der Waals surface area contributed by atoms with Gasteiger partial charge in [-0.25, -0.2) is 8.42 Å². The van der Waals surface area contributed by atoms with Crippen molar-refractivity contribution in [3.05, 3.63) is 35.9 Å². The van der Waals surface area contributed by atoms with Crippen molar-refractivity contribution in [1.29, 1.82) is 0 Å². The second kappa shape index (κ2) is 5.30. The highest BCUT2D eigenvalue weighted by Crippen LogP contribution is 2.18. The van der Waals surface area contributed by atoms with Crippen LogP contribution in [0.3, 0.4) is 0 Å². The topological polar surface area (TPSA) is 80.5 Å².